The van der Waals surface area contributed by atoms with Crippen molar-refractivity contribution in [2.45, 2.75) is 0 Å². The third-order valence-electron chi connectivity index (χ3n) is 2.54. The second-order valence-electron chi connectivity index (χ2n) is 4.19. The molecule has 0 aromatic heterocycles. The van der Waals surface area contributed by atoms with E-state index in [1.807, 2.05) is 0 Å². The molecule has 0 spiro atoms. The van der Waals surface area contributed by atoms with Gasteiger partial charge in [0.05, 0.1) is 11.3 Å². The van der Waals surface area contributed by atoms with Crippen molar-refractivity contribution in [1.82, 2.24) is 4.31 Å². The standard InChI is InChI=1S/C11H18N4O3S/c1-15(2)19(17,18)6-5-14-10-7-8(12)3-4-9(10)11(13)16/h3-4,7,14H,5-6,12H2,1-2H3,(H2,13,16). The van der Waals surface area contributed by atoms with Crippen molar-refractivity contribution in [3.63, 3.8) is 0 Å². The Bertz CT molecular complexity index is 569. The molecular weight excluding hydrogens is 268 g/mol. The highest BCUT2D eigenvalue weighted by atomic mass is 32.2. The smallest absolute Gasteiger partial charge is 0.250 e. The summed E-state index contributed by atoms with van der Waals surface area (Å²) in [6.45, 7) is 0.157. The number of sulfonamides is 1. The van der Waals surface area contributed by atoms with Crippen LogP contribution in [0.5, 0.6) is 0 Å². The van der Waals surface area contributed by atoms with E-state index in [0.717, 1.165) is 4.31 Å². The number of nitrogens with two attached hydrogens (primary N) is 2. The van der Waals surface area contributed by atoms with E-state index < -0.39 is 15.9 Å². The highest BCUT2D eigenvalue weighted by Gasteiger charge is 2.14. The second-order valence-corrected chi connectivity index (χ2v) is 6.50. The SMILES string of the molecule is CN(C)S(=O)(=O)CCNc1cc(N)ccc1C(N)=O. The molecule has 106 valence electrons. The van der Waals surface area contributed by atoms with Crippen LogP contribution in [-0.2, 0) is 10.0 Å². The van der Waals surface area contributed by atoms with Gasteiger partial charge in [-0.3, -0.25) is 4.79 Å². The van der Waals surface area contributed by atoms with Gasteiger partial charge in [-0.25, -0.2) is 12.7 Å². The van der Waals surface area contributed by atoms with Crippen LogP contribution in [0.4, 0.5) is 11.4 Å². The molecule has 0 saturated heterocycles. The van der Waals surface area contributed by atoms with Gasteiger partial charge in [0, 0.05) is 32.0 Å². The average molecular weight is 286 g/mol. The molecule has 5 N–H and O–H groups in total. The fraction of sp³-hybridized carbons (Fsp3) is 0.364. The topological polar surface area (TPSA) is 119 Å². The van der Waals surface area contributed by atoms with E-state index in [-0.39, 0.29) is 17.9 Å². The Labute approximate surface area is 112 Å². The minimum Gasteiger partial charge on any atom is -0.399 e. The number of hydrogen-bond acceptors (Lipinski definition) is 5. The molecule has 0 radical (unpaired) electrons. The van der Waals surface area contributed by atoms with Crippen LogP contribution in [0.15, 0.2) is 18.2 Å². The lowest BCUT2D eigenvalue weighted by molar-refractivity contribution is 0.100. The zero-order valence-corrected chi connectivity index (χ0v) is 11.7. The van der Waals surface area contributed by atoms with Crippen molar-refractivity contribution < 1.29 is 13.2 Å². The van der Waals surface area contributed by atoms with E-state index in [4.69, 9.17) is 11.5 Å². The zero-order valence-electron chi connectivity index (χ0n) is 10.9. The molecule has 8 heteroatoms. The molecule has 0 atom stereocenters. The molecule has 0 aliphatic rings. The number of hydrogen-bond donors (Lipinski definition) is 3. The summed E-state index contributed by atoms with van der Waals surface area (Å²) in [7, 11) is -0.362. The van der Waals surface area contributed by atoms with Gasteiger partial charge >= 0.3 is 0 Å². The lowest BCUT2D eigenvalue weighted by atomic mass is 10.1. The number of nitrogens with one attached hydrogen (secondary N) is 1. The maximum absolute atomic E-state index is 11.6. The van der Waals surface area contributed by atoms with Gasteiger partial charge in [0.2, 0.25) is 10.0 Å². The fourth-order valence-corrected chi connectivity index (χ4v) is 2.15. The number of amides is 1. The Hall–Kier alpha value is -1.80. The van der Waals surface area contributed by atoms with E-state index in [2.05, 4.69) is 5.32 Å². The summed E-state index contributed by atoms with van der Waals surface area (Å²) in [5.41, 5.74) is 12.0. The predicted octanol–water partition coefficient (Wildman–Crippen LogP) is -0.329. The van der Waals surface area contributed by atoms with Crippen LogP contribution in [-0.4, -0.2) is 45.0 Å². The Morgan fingerprint density at radius 1 is 1.37 bits per heavy atom. The maximum atomic E-state index is 11.6. The molecule has 1 amide bonds. The molecular formula is C11H18N4O3S. The van der Waals surface area contributed by atoms with Crippen molar-refractivity contribution in [3.8, 4) is 0 Å². The van der Waals surface area contributed by atoms with Crippen molar-refractivity contribution in [2.75, 3.05) is 37.4 Å². The van der Waals surface area contributed by atoms with Crippen molar-refractivity contribution in [2.24, 2.45) is 5.73 Å². The number of nitrogens with zero attached hydrogens (tertiary/aromatic N) is 1. The van der Waals surface area contributed by atoms with Gasteiger partial charge < -0.3 is 16.8 Å². The Kier molecular flexibility index (Phi) is 4.73. The fourth-order valence-electron chi connectivity index (χ4n) is 1.42. The van der Waals surface area contributed by atoms with Crippen molar-refractivity contribution >= 4 is 27.3 Å². The van der Waals surface area contributed by atoms with Crippen molar-refractivity contribution in [1.29, 1.82) is 0 Å². The van der Waals surface area contributed by atoms with Crippen LogP contribution < -0.4 is 16.8 Å². The molecule has 0 saturated carbocycles. The van der Waals surface area contributed by atoms with Gasteiger partial charge in [0.25, 0.3) is 5.91 Å². The van der Waals surface area contributed by atoms with E-state index in [9.17, 15) is 13.2 Å². The molecule has 0 fully saturated rings. The predicted molar refractivity (Wildman–Crippen MR) is 75.3 cm³/mol. The lowest BCUT2D eigenvalue weighted by Crippen LogP contribution is -2.28. The molecule has 7 nitrogen and oxygen atoms in total. The van der Waals surface area contributed by atoms with Gasteiger partial charge in [0.15, 0.2) is 0 Å². The summed E-state index contributed by atoms with van der Waals surface area (Å²) in [4.78, 5) is 11.2. The number of rotatable bonds is 6. The first-order valence-corrected chi connectivity index (χ1v) is 7.18. The number of carbonyl (C=O) groups is 1. The number of nitrogen functional groups attached to an aromatic ring is 1. The molecule has 19 heavy (non-hydrogen) atoms. The van der Waals surface area contributed by atoms with Crippen LogP contribution in [0, 0.1) is 0 Å². The first-order valence-electron chi connectivity index (χ1n) is 5.57. The normalized spacial score (nSPS) is 11.5. The Morgan fingerprint density at radius 3 is 2.53 bits per heavy atom. The third-order valence-corrected chi connectivity index (χ3v) is 4.37. The van der Waals surface area contributed by atoms with Crippen LogP contribution in [0.3, 0.4) is 0 Å². The first kappa shape index (κ1) is 15.3. The van der Waals surface area contributed by atoms with Gasteiger partial charge in [0.1, 0.15) is 0 Å². The van der Waals surface area contributed by atoms with E-state index in [1.165, 1.54) is 20.2 Å². The molecule has 1 rings (SSSR count). The van der Waals surface area contributed by atoms with E-state index in [1.54, 1.807) is 12.1 Å². The maximum Gasteiger partial charge on any atom is 0.250 e. The minimum atomic E-state index is -3.29. The summed E-state index contributed by atoms with van der Waals surface area (Å²) in [5, 5.41) is 2.86. The highest BCUT2D eigenvalue weighted by Crippen LogP contribution is 2.18. The van der Waals surface area contributed by atoms with Crippen molar-refractivity contribution in [3.05, 3.63) is 23.8 Å². The number of anilines is 2. The van der Waals surface area contributed by atoms with Crippen LogP contribution >= 0.6 is 0 Å². The zero-order chi connectivity index (χ0) is 14.6. The number of benzene rings is 1. The summed E-state index contributed by atoms with van der Waals surface area (Å²) in [5.74, 6) is -0.689. The third kappa shape index (κ3) is 4.11. The Morgan fingerprint density at radius 2 is 2.00 bits per heavy atom. The van der Waals surface area contributed by atoms with Gasteiger partial charge in [-0.2, -0.15) is 0 Å². The lowest BCUT2D eigenvalue weighted by Gasteiger charge is -2.14. The molecule has 0 aliphatic carbocycles. The number of carbonyl (C=O) groups excluding carboxylic acids is 1. The minimum absolute atomic E-state index is 0.0903. The average Bonchev–Trinajstić information content (AvgIpc) is 2.28. The second kappa shape index (κ2) is 5.89. The summed E-state index contributed by atoms with van der Waals surface area (Å²) < 4.78 is 24.3. The van der Waals surface area contributed by atoms with E-state index >= 15 is 0 Å². The van der Waals surface area contributed by atoms with Gasteiger partial charge in [-0.05, 0) is 18.2 Å². The molecule has 1 aromatic carbocycles. The quantitative estimate of drug-likeness (QED) is 0.619. The molecule has 0 unspecified atom stereocenters. The summed E-state index contributed by atoms with van der Waals surface area (Å²) >= 11 is 0. The van der Waals surface area contributed by atoms with Crippen LogP contribution in [0.25, 0.3) is 0 Å². The molecule has 0 aliphatic heterocycles. The monoisotopic (exact) mass is 286 g/mol. The summed E-state index contributed by atoms with van der Waals surface area (Å²) in [6.07, 6.45) is 0. The molecule has 1 aromatic rings. The van der Waals surface area contributed by atoms with Crippen LogP contribution in [0.2, 0.25) is 0 Å². The molecule has 0 bridgehead atoms. The Balaban J connectivity index is 2.78. The molecule has 0 heterocycles. The van der Waals surface area contributed by atoms with Crippen LogP contribution in [0.1, 0.15) is 10.4 Å². The van der Waals surface area contributed by atoms with Gasteiger partial charge in [-0.1, -0.05) is 0 Å². The summed E-state index contributed by atoms with van der Waals surface area (Å²) in [6, 6.07) is 4.60. The number of primary amides is 1. The largest absolute Gasteiger partial charge is 0.399 e. The highest BCUT2D eigenvalue weighted by molar-refractivity contribution is 7.89. The van der Waals surface area contributed by atoms with Gasteiger partial charge in [-0.15, -0.1) is 0 Å². The first-order chi connectivity index (χ1) is 8.74. The van der Waals surface area contributed by atoms with E-state index in [0.29, 0.717) is 11.4 Å².